The minimum Gasteiger partial charge on any atom is -0.456 e. The SMILES string of the molecule is Cc1ccc(C(=O)N2CCN(CCC(=O)NCCc3ccc(S(N)(=O)=O)cc3)CC2)o1. The summed E-state index contributed by atoms with van der Waals surface area (Å²) in [6, 6.07) is 9.78. The van der Waals surface area contributed by atoms with Gasteiger partial charge in [-0.15, -0.1) is 0 Å². The first-order chi connectivity index (χ1) is 14.7. The fraction of sp³-hybridized carbons (Fsp3) is 0.429. The van der Waals surface area contributed by atoms with Crippen LogP contribution in [0.1, 0.15) is 28.3 Å². The average Bonchev–Trinajstić information content (AvgIpc) is 3.18. The largest absolute Gasteiger partial charge is 0.456 e. The van der Waals surface area contributed by atoms with Crippen molar-refractivity contribution in [2.45, 2.75) is 24.7 Å². The second-order valence-electron chi connectivity index (χ2n) is 7.58. The van der Waals surface area contributed by atoms with Gasteiger partial charge in [-0.3, -0.25) is 14.5 Å². The van der Waals surface area contributed by atoms with E-state index in [4.69, 9.17) is 9.56 Å². The van der Waals surface area contributed by atoms with Crippen molar-refractivity contribution in [3.63, 3.8) is 0 Å². The van der Waals surface area contributed by atoms with Gasteiger partial charge in [-0.05, 0) is 43.2 Å². The molecule has 3 rings (SSSR count). The number of amides is 2. The van der Waals surface area contributed by atoms with Gasteiger partial charge in [0.25, 0.3) is 5.91 Å². The van der Waals surface area contributed by atoms with E-state index in [9.17, 15) is 18.0 Å². The van der Waals surface area contributed by atoms with E-state index in [0.717, 1.165) is 18.7 Å². The topological polar surface area (TPSA) is 126 Å². The average molecular weight is 449 g/mol. The van der Waals surface area contributed by atoms with Crippen molar-refractivity contribution in [2.24, 2.45) is 5.14 Å². The summed E-state index contributed by atoms with van der Waals surface area (Å²) in [6.45, 7) is 5.56. The number of rotatable bonds is 8. The van der Waals surface area contributed by atoms with Crippen LogP contribution in [0.4, 0.5) is 0 Å². The van der Waals surface area contributed by atoms with E-state index in [0.29, 0.717) is 50.5 Å². The summed E-state index contributed by atoms with van der Waals surface area (Å²) in [5, 5.41) is 7.96. The number of furan rings is 1. The molecule has 1 aliphatic heterocycles. The van der Waals surface area contributed by atoms with Gasteiger partial charge >= 0.3 is 0 Å². The van der Waals surface area contributed by atoms with Gasteiger partial charge in [-0.1, -0.05) is 12.1 Å². The zero-order chi connectivity index (χ0) is 22.4. The van der Waals surface area contributed by atoms with Crippen LogP contribution in [0.3, 0.4) is 0 Å². The Hall–Kier alpha value is -2.69. The monoisotopic (exact) mass is 448 g/mol. The first kappa shape index (κ1) is 23.0. The van der Waals surface area contributed by atoms with E-state index < -0.39 is 10.0 Å². The number of primary sulfonamides is 1. The standard InChI is InChI=1S/C21H28N4O5S/c1-16-2-7-19(30-16)21(27)25-14-12-24(13-15-25)11-9-20(26)23-10-8-17-3-5-18(6-4-17)31(22,28)29/h2-7H,8-15H2,1H3,(H,23,26)(H2,22,28,29). The molecule has 0 aliphatic carbocycles. The molecule has 0 radical (unpaired) electrons. The molecule has 10 heteroatoms. The molecule has 3 N–H and O–H groups in total. The number of benzene rings is 1. The smallest absolute Gasteiger partial charge is 0.289 e. The normalized spacial score (nSPS) is 15.1. The van der Waals surface area contributed by atoms with Gasteiger partial charge in [-0.2, -0.15) is 0 Å². The van der Waals surface area contributed by atoms with Crippen molar-refractivity contribution in [3.05, 3.63) is 53.5 Å². The highest BCUT2D eigenvalue weighted by atomic mass is 32.2. The predicted molar refractivity (Wildman–Crippen MR) is 115 cm³/mol. The molecular weight excluding hydrogens is 420 g/mol. The summed E-state index contributed by atoms with van der Waals surface area (Å²) in [6.07, 6.45) is 0.985. The van der Waals surface area contributed by atoms with Crippen LogP contribution in [0, 0.1) is 6.92 Å². The Bertz CT molecular complexity index is 1010. The van der Waals surface area contributed by atoms with Crippen LogP contribution in [-0.2, 0) is 21.2 Å². The molecule has 0 saturated carbocycles. The van der Waals surface area contributed by atoms with E-state index >= 15 is 0 Å². The summed E-state index contributed by atoms with van der Waals surface area (Å²) < 4.78 is 27.9. The van der Waals surface area contributed by atoms with Crippen LogP contribution in [0.2, 0.25) is 0 Å². The molecule has 31 heavy (non-hydrogen) atoms. The summed E-state index contributed by atoms with van der Waals surface area (Å²) in [4.78, 5) is 28.5. The van der Waals surface area contributed by atoms with Crippen LogP contribution in [0.25, 0.3) is 0 Å². The number of sulfonamides is 1. The molecule has 1 aromatic carbocycles. The van der Waals surface area contributed by atoms with Gasteiger partial charge < -0.3 is 14.6 Å². The maximum atomic E-state index is 12.4. The molecule has 9 nitrogen and oxygen atoms in total. The molecule has 0 unspecified atom stereocenters. The summed E-state index contributed by atoms with van der Waals surface area (Å²) in [7, 11) is -3.69. The zero-order valence-electron chi connectivity index (χ0n) is 17.5. The molecule has 2 aromatic rings. The lowest BCUT2D eigenvalue weighted by Gasteiger charge is -2.34. The molecular formula is C21H28N4O5S. The lowest BCUT2D eigenvalue weighted by atomic mass is 10.1. The second-order valence-corrected chi connectivity index (χ2v) is 9.14. The number of nitrogens with one attached hydrogen (secondary N) is 1. The van der Waals surface area contributed by atoms with Crippen LogP contribution in [0.5, 0.6) is 0 Å². The third-order valence-corrected chi connectivity index (χ3v) is 6.18. The Morgan fingerprint density at radius 2 is 1.74 bits per heavy atom. The number of hydrogen-bond donors (Lipinski definition) is 2. The third kappa shape index (κ3) is 6.65. The summed E-state index contributed by atoms with van der Waals surface area (Å²) in [5.74, 6) is 0.950. The molecule has 0 spiro atoms. The predicted octanol–water partition coefficient (Wildman–Crippen LogP) is 0.742. The Kier molecular flexibility index (Phi) is 7.47. The van der Waals surface area contributed by atoms with Gasteiger partial charge in [0.2, 0.25) is 15.9 Å². The fourth-order valence-electron chi connectivity index (χ4n) is 3.42. The number of piperazine rings is 1. The summed E-state index contributed by atoms with van der Waals surface area (Å²) >= 11 is 0. The molecule has 2 heterocycles. The van der Waals surface area contributed by atoms with Gasteiger partial charge in [0, 0.05) is 45.7 Å². The molecule has 1 saturated heterocycles. The number of nitrogens with zero attached hydrogens (tertiary/aromatic N) is 2. The van der Waals surface area contributed by atoms with E-state index in [1.807, 2.05) is 6.92 Å². The lowest BCUT2D eigenvalue weighted by Crippen LogP contribution is -2.49. The minimum atomic E-state index is -3.69. The Morgan fingerprint density at radius 3 is 2.32 bits per heavy atom. The van der Waals surface area contributed by atoms with Crippen LogP contribution in [0.15, 0.2) is 45.7 Å². The van der Waals surface area contributed by atoms with Crippen LogP contribution in [-0.4, -0.2) is 69.3 Å². The van der Waals surface area contributed by atoms with E-state index in [1.54, 1.807) is 29.2 Å². The molecule has 0 bridgehead atoms. The highest BCUT2D eigenvalue weighted by Gasteiger charge is 2.24. The van der Waals surface area contributed by atoms with Crippen molar-refractivity contribution in [2.75, 3.05) is 39.3 Å². The van der Waals surface area contributed by atoms with Gasteiger partial charge in [0.1, 0.15) is 5.76 Å². The molecule has 1 aromatic heterocycles. The minimum absolute atomic E-state index is 0.0364. The summed E-state index contributed by atoms with van der Waals surface area (Å²) in [5.41, 5.74) is 0.917. The maximum absolute atomic E-state index is 12.4. The highest BCUT2D eigenvalue weighted by Crippen LogP contribution is 2.12. The van der Waals surface area contributed by atoms with Crippen molar-refractivity contribution in [1.29, 1.82) is 0 Å². The van der Waals surface area contributed by atoms with Crippen molar-refractivity contribution >= 4 is 21.8 Å². The molecule has 0 atom stereocenters. The van der Waals surface area contributed by atoms with E-state index in [1.165, 1.54) is 12.1 Å². The second kappa shape index (κ2) is 10.1. The number of nitrogens with two attached hydrogens (primary N) is 1. The maximum Gasteiger partial charge on any atom is 0.289 e. The molecule has 1 aliphatic rings. The molecule has 2 amide bonds. The van der Waals surface area contributed by atoms with E-state index in [2.05, 4.69) is 10.2 Å². The van der Waals surface area contributed by atoms with Gasteiger partial charge in [0.15, 0.2) is 5.76 Å². The van der Waals surface area contributed by atoms with E-state index in [-0.39, 0.29) is 16.7 Å². The van der Waals surface area contributed by atoms with Crippen molar-refractivity contribution in [3.8, 4) is 0 Å². The lowest BCUT2D eigenvalue weighted by molar-refractivity contribution is -0.121. The third-order valence-electron chi connectivity index (χ3n) is 5.25. The Morgan fingerprint density at radius 1 is 1.06 bits per heavy atom. The zero-order valence-corrected chi connectivity index (χ0v) is 18.4. The van der Waals surface area contributed by atoms with Crippen molar-refractivity contribution < 1.29 is 22.4 Å². The number of carbonyl (C=O) groups excluding carboxylic acids is 2. The highest BCUT2D eigenvalue weighted by molar-refractivity contribution is 7.89. The molecule has 168 valence electrons. The first-order valence-electron chi connectivity index (χ1n) is 10.2. The number of hydrogen-bond acceptors (Lipinski definition) is 6. The van der Waals surface area contributed by atoms with Gasteiger partial charge in [-0.25, -0.2) is 13.6 Å². The van der Waals surface area contributed by atoms with Crippen molar-refractivity contribution in [1.82, 2.24) is 15.1 Å². The van der Waals surface area contributed by atoms with Crippen LogP contribution >= 0.6 is 0 Å². The fourth-order valence-corrected chi connectivity index (χ4v) is 3.94. The Balaban J connectivity index is 1.33. The van der Waals surface area contributed by atoms with Gasteiger partial charge in [0.05, 0.1) is 4.90 Å². The molecule has 1 fully saturated rings. The van der Waals surface area contributed by atoms with Crippen LogP contribution < -0.4 is 10.5 Å². The quantitative estimate of drug-likeness (QED) is 0.614. The Labute approximate surface area is 182 Å². The number of aryl methyl sites for hydroxylation is 1. The first-order valence-corrected chi connectivity index (χ1v) is 11.7. The number of carbonyl (C=O) groups is 2.